The summed E-state index contributed by atoms with van der Waals surface area (Å²) in [6, 6.07) is 14.4. The molecule has 0 aromatic heterocycles. The van der Waals surface area contributed by atoms with Gasteiger partial charge in [-0.15, -0.1) is 0 Å². The van der Waals surface area contributed by atoms with E-state index >= 15 is 0 Å². The number of methoxy groups -OCH3 is 1. The molecule has 3 fully saturated rings. The van der Waals surface area contributed by atoms with Gasteiger partial charge in [0.2, 0.25) is 5.91 Å². The topological polar surface area (TPSA) is 59.1 Å². The molecule has 0 N–H and O–H groups in total. The summed E-state index contributed by atoms with van der Waals surface area (Å²) >= 11 is 0. The first kappa shape index (κ1) is 20.5. The molecule has 5 rings (SSSR count). The molecule has 31 heavy (non-hydrogen) atoms. The Hall–Kier alpha value is -2.44. The van der Waals surface area contributed by atoms with Gasteiger partial charge in [-0.2, -0.15) is 0 Å². The SMILES string of the molecule is COC(=O)C1CC(=O)N(OCc2ccc3ccccc3c2)C12CCN(CC1CC1)CC2. The van der Waals surface area contributed by atoms with Gasteiger partial charge in [0.1, 0.15) is 6.61 Å². The minimum atomic E-state index is -0.610. The van der Waals surface area contributed by atoms with E-state index < -0.39 is 11.5 Å². The molecular formula is C25H30N2O4. The maximum absolute atomic E-state index is 13.0. The summed E-state index contributed by atoms with van der Waals surface area (Å²) in [4.78, 5) is 34.2. The number of carbonyl (C=O) groups is 2. The van der Waals surface area contributed by atoms with E-state index in [0.29, 0.717) is 6.61 Å². The van der Waals surface area contributed by atoms with Crippen molar-refractivity contribution >= 4 is 22.6 Å². The van der Waals surface area contributed by atoms with E-state index in [1.54, 1.807) is 0 Å². The Morgan fingerprint density at radius 3 is 2.55 bits per heavy atom. The predicted octanol–water partition coefficient (Wildman–Crippen LogP) is 3.54. The molecule has 0 bridgehead atoms. The highest BCUT2D eigenvalue weighted by molar-refractivity contribution is 5.88. The number of carbonyl (C=O) groups excluding carboxylic acids is 2. The van der Waals surface area contributed by atoms with Crippen molar-refractivity contribution in [1.82, 2.24) is 9.96 Å². The first-order chi connectivity index (χ1) is 15.1. The van der Waals surface area contributed by atoms with Gasteiger partial charge in [0, 0.05) is 26.1 Å². The molecule has 6 heteroatoms. The first-order valence-electron chi connectivity index (χ1n) is 11.3. The lowest BCUT2D eigenvalue weighted by molar-refractivity contribution is -0.229. The highest BCUT2D eigenvalue weighted by Gasteiger charge is 2.58. The van der Waals surface area contributed by atoms with E-state index in [2.05, 4.69) is 29.2 Å². The summed E-state index contributed by atoms with van der Waals surface area (Å²) in [6.45, 7) is 3.20. The Balaban J connectivity index is 1.34. The highest BCUT2D eigenvalue weighted by Crippen LogP contribution is 2.45. The van der Waals surface area contributed by atoms with E-state index in [-0.39, 0.29) is 18.3 Å². The first-order valence-corrected chi connectivity index (χ1v) is 11.3. The molecule has 2 saturated heterocycles. The maximum Gasteiger partial charge on any atom is 0.311 e. The van der Waals surface area contributed by atoms with E-state index in [9.17, 15) is 9.59 Å². The van der Waals surface area contributed by atoms with Crippen LogP contribution in [0.15, 0.2) is 42.5 Å². The molecule has 2 aromatic carbocycles. The Bertz CT molecular complexity index is 978. The average molecular weight is 423 g/mol. The molecular weight excluding hydrogens is 392 g/mol. The number of hydrogen-bond donors (Lipinski definition) is 0. The van der Waals surface area contributed by atoms with E-state index in [1.165, 1.54) is 30.4 Å². The zero-order chi connectivity index (χ0) is 21.4. The van der Waals surface area contributed by atoms with Crippen molar-refractivity contribution in [2.24, 2.45) is 11.8 Å². The van der Waals surface area contributed by atoms with Crippen LogP contribution in [-0.2, 0) is 25.8 Å². The fraction of sp³-hybridized carbons (Fsp3) is 0.520. The van der Waals surface area contributed by atoms with Crippen LogP contribution in [0, 0.1) is 11.8 Å². The zero-order valence-corrected chi connectivity index (χ0v) is 18.1. The molecule has 0 radical (unpaired) electrons. The fourth-order valence-corrected chi connectivity index (χ4v) is 5.29. The highest BCUT2D eigenvalue weighted by atomic mass is 16.7. The number of benzene rings is 2. The summed E-state index contributed by atoms with van der Waals surface area (Å²) in [5.74, 6) is -0.0618. The van der Waals surface area contributed by atoms with Crippen LogP contribution in [0.4, 0.5) is 0 Å². The Labute approximate surface area is 183 Å². The number of esters is 1. The third-order valence-corrected chi connectivity index (χ3v) is 7.25. The van der Waals surface area contributed by atoms with Gasteiger partial charge < -0.3 is 9.64 Å². The lowest BCUT2D eigenvalue weighted by Crippen LogP contribution is -2.57. The monoisotopic (exact) mass is 422 g/mol. The Morgan fingerprint density at radius 2 is 1.84 bits per heavy atom. The fourth-order valence-electron chi connectivity index (χ4n) is 5.29. The van der Waals surface area contributed by atoms with Crippen molar-refractivity contribution < 1.29 is 19.2 Å². The minimum absolute atomic E-state index is 0.119. The molecule has 2 aliphatic heterocycles. The van der Waals surface area contributed by atoms with Gasteiger partial charge in [-0.3, -0.25) is 14.4 Å². The maximum atomic E-state index is 13.0. The van der Waals surface area contributed by atoms with Crippen molar-refractivity contribution in [3.63, 3.8) is 0 Å². The van der Waals surface area contributed by atoms with Gasteiger partial charge in [0.05, 0.1) is 18.6 Å². The minimum Gasteiger partial charge on any atom is -0.469 e. The van der Waals surface area contributed by atoms with Crippen molar-refractivity contribution in [2.75, 3.05) is 26.7 Å². The van der Waals surface area contributed by atoms with Crippen LogP contribution in [0.25, 0.3) is 10.8 Å². The quantitative estimate of drug-likeness (QED) is 0.667. The van der Waals surface area contributed by atoms with E-state index in [4.69, 9.17) is 9.57 Å². The standard InChI is InChI=1S/C25H30N2O4/c1-30-24(29)22-15-23(28)27(25(22)10-12-26(13-11-25)16-18-6-7-18)31-17-19-8-9-20-4-2-3-5-21(20)14-19/h2-5,8-9,14,18,22H,6-7,10-13,15-17H2,1H3. The van der Waals surface area contributed by atoms with Crippen LogP contribution in [-0.4, -0.2) is 54.1 Å². The molecule has 2 aromatic rings. The van der Waals surface area contributed by atoms with Crippen LogP contribution in [0.2, 0.25) is 0 Å². The molecule has 6 nitrogen and oxygen atoms in total. The lowest BCUT2D eigenvalue weighted by atomic mass is 9.77. The predicted molar refractivity (Wildman–Crippen MR) is 117 cm³/mol. The third-order valence-electron chi connectivity index (χ3n) is 7.25. The van der Waals surface area contributed by atoms with Crippen LogP contribution in [0.5, 0.6) is 0 Å². The van der Waals surface area contributed by atoms with Crippen LogP contribution >= 0.6 is 0 Å². The van der Waals surface area contributed by atoms with Crippen molar-refractivity contribution in [3.05, 3.63) is 48.0 Å². The number of piperidine rings is 1. The van der Waals surface area contributed by atoms with Crippen molar-refractivity contribution in [2.45, 2.75) is 44.2 Å². The number of nitrogens with zero attached hydrogens (tertiary/aromatic N) is 2. The van der Waals surface area contributed by atoms with E-state index in [1.807, 2.05) is 18.2 Å². The number of hydrogen-bond acceptors (Lipinski definition) is 5. The van der Waals surface area contributed by atoms with Crippen LogP contribution in [0.1, 0.15) is 37.7 Å². The second-order valence-corrected chi connectivity index (χ2v) is 9.27. The van der Waals surface area contributed by atoms with Gasteiger partial charge in [0.15, 0.2) is 0 Å². The Kier molecular flexibility index (Phi) is 5.44. The van der Waals surface area contributed by atoms with Gasteiger partial charge in [-0.1, -0.05) is 36.4 Å². The largest absolute Gasteiger partial charge is 0.469 e. The average Bonchev–Trinajstić information content (AvgIpc) is 3.57. The van der Waals surface area contributed by atoms with Crippen molar-refractivity contribution in [3.8, 4) is 0 Å². The second kappa shape index (κ2) is 8.24. The molecule has 1 unspecified atom stereocenters. The zero-order valence-electron chi connectivity index (χ0n) is 18.1. The molecule has 1 aliphatic carbocycles. The van der Waals surface area contributed by atoms with Gasteiger partial charge in [-0.25, -0.2) is 5.06 Å². The van der Waals surface area contributed by atoms with Gasteiger partial charge in [-0.05, 0) is 54.0 Å². The molecule has 1 atom stereocenters. The smallest absolute Gasteiger partial charge is 0.311 e. The number of ether oxygens (including phenoxy) is 1. The van der Waals surface area contributed by atoms with Crippen LogP contribution in [0.3, 0.4) is 0 Å². The van der Waals surface area contributed by atoms with Gasteiger partial charge >= 0.3 is 5.97 Å². The summed E-state index contributed by atoms with van der Waals surface area (Å²) < 4.78 is 5.08. The number of hydroxylamine groups is 2. The molecule has 3 aliphatic rings. The molecule has 1 amide bonds. The number of rotatable bonds is 6. The lowest BCUT2D eigenvalue weighted by Gasteiger charge is -2.45. The second-order valence-electron chi connectivity index (χ2n) is 9.27. The third kappa shape index (κ3) is 3.94. The number of likely N-dealkylation sites (tertiary alicyclic amines) is 1. The van der Waals surface area contributed by atoms with Crippen molar-refractivity contribution in [1.29, 1.82) is 0 Å². The van der Waals surface area contributed by atoms with Crippen LogP contribution < -0.4 is 0 Å². The summed E-state index contributed by atoms with van der Waals surface area (Å²) in [7, 11) is 1.40. The molecule has 164 valence electrons. The Morgan fingerprint density at radius 1 is 1.10 bits per heavy atom. The molecule has 1 spiro atoms. The summed E-state index contributed by atoms with van der Waals surface area (Å²) in [6.07, 6.45) is 4.29. The van der Waals surface area contributed by atoms with Gasteiger partial charge in [0.25, 0.3) is 0 Å². The van der Waals surface area contributed by atoms with E-state index in [0.717, 1.165) is 49.3 Å². The normalized spacial score (nSPS) is 23.6. The molecule has 1 saturated carbocycles. The molecule has 2 heterocycles. The summed E-state index contributed by atoms with van der Waals surface area (Å²) in [5.41, 5.74) is 0.399. The number of fused-ring (bicyclic) bond motifs is 1. The number of amides is 1. The summed E-state index contributed by atoms with van der Waals surface area (Å²) in [5, 5.41) is 3.86.